The number of aromatic amines is 1. The van der Waals surface area contributed by atoms with Crippen molar-refractivity contribution in [3.05, 3.63) is 42.5 Å². The van der Waals surface area contributed by atoms with Crippen LogP contribution in [0.4, 0.5) is 11.4 Å². The number of amides is 1. The molecule has 0 aliphatic carbocycles. The van der Waals surface area contributed by atoms with Crippen LogP contribution in [0.3, 0.4) is 0 Å². The van der Waals surface area contributed by atoms with E-state index < -0.39 is 0 Å². The van der Waals surface area contributed by atoms with Gasteiger partial charge in [-0.1, -0.05) is 19.3 Å². The molecule has 1 aliphatic rings. The van der Waals surface area contributed by atoms with Crippen LogP contribution in [0.5, 0.6) is 0 Å². The Hall–Kier alpha value is -2.34. The van der Waals surface area contributed by atoms with Gasteiger partial charge in [0.25, 0.3) is 0 Å². The number of carbonyl (C=O) groups excluding carboxylic acids is 1. The van der Waals surface area contributed by atoms with E-state index in [1.165, 1.54) is 32.1 Å². The highest BCUT2D eigenvalue weighted by atomic mass is 16.2. The number of benzene rings is 1. The minimum absolute atomic E-state index is 0.0665. The molecule has 6 nitrogen and oxygen atoms in total. The average molecular weight is 341 g/mol. The second-order valence-corrected chi connectivity index (χ2v) is 6.56. The van der Waals surface area contributed by atoms with Crippen LogP contribution in [0.1, 0.15) is 37.9 Å². The lowest BCUT2D eigenvalue weighted by atomic mass is 10.1. The highest BCUT2D eigenvalue weighted by Crippen LogP contribution is 2.15. The van der Waals surface area contributed by atoms with Crippen LogP contribution in [0.25, 0.3) is 0 Å². The first-order valence-corrected chi connectivity index (χ1v) is 9.14. The monoisotopic (exact) mass is 341 g/mol. The van der Waals surface area contributed by atoms with Crippen LogP contribution in [0.2, 0.25) is 0 Å². The Labute approximate surface area is 149 Å². The van der Waals surface area contributed by atoms with Gasteiger partial charge in [-0.3, -0.25) is 9.69 Å². The van der Waals surface area contributed by atoms with Gasteiger partial charge >= 0.3 is 0 Å². The molecule has 6 heteroatoms. The third kappa shape index (κ3) is 5.90. The minimum Gasteiger partial charge on any atom is -0.378 e. The number of rotatable bonds is 6. The first kappa shape index (κ1) is 17.5. The summed E-state index contributed by atoms with van der Waals surface area (Å²) < 4.78 is 0. The molecule has 0 saturated carbocycles. The molecule has 0 atom stereocenters. The minimum atomic E-state index is 0.0665. The Bertz CT molecular complexity index is 630. The van der Waals surface area contributed by atoms with Gasteiger partial charge in [-0.2, -0.15) is 0 Å². The van der Waals surface area contributed by atoms with Gasteiger partial charge in [-0.05, 0) is 50.2 Å². The second-order valence-electron chi connectivity index (χ2n) is 6.56. The highest BCUT2D eigenvalue weighted by molar-refractivity contribution is 5.92. The molecule has 0 radical (unpaired) electrons. The lowest BCUT2D eigenvalue weighted by Crippen LogP contribution is -2.35. The molecule has 1 saturated heterocycles. The predicted molar refractivity (Wildman–Crippen MR) is 101 cm³/mol. The lowest BCUT2D eigenvalue weighted by molar-refractivity contribution is -0.117. The predicted octanol–water partition coefficient (Wildman–Crippen LogP) is 3.23. The second kappa shape index (κ2) is 9.22. The van der Waals surface area contributed by atoms with Gasteiger partial charge in [0.05, 0.1) is 13.1 Å². The van der Waals surface area contributed by atoms with Crippen molar-refractivity contribution in [2.45, 2.75) is 38.6 Å². The van der Waals surface area contributed by atoms with Gasteiger partial charge in [-0.25, -0.2) is 4.98 Å². The summed E-state index contributed by atoms with van der Waals surface area (Å²) in [6.45, 7) is 3.19. The van der Waals surface area contributed by atoms with E-state index in [4.69, 9.17) is 0 Å². The van der Waals surface area contributed by atoms with Crippen LogP contribution < -0.4 is 10.6 Å². The van der Waals surface area contributed by atoms with Crippen molar-refractivity contribution in [2.24, 2.45) is 0 Å². The van der Waals surface area contributed by atoms with Crippen molar-refractivity contribution in [3.63, 3.8) is 0 Å². The fourth-order valence-corrected chi connectivity index (χ4v) is 3.13. The van der Waals surface area contributed by atoms with Crippen LogP contribution in [-0.2, 0) is 11.3 Å². The van der Waals surface area contributed by atoms with Gasteiger partial charge in [0.1, 0.15) is 5.82 Å². The smallest absolute Gasteiger partial charge is 0.238 e. The maximum atomic E-state index is 12.3. The molecule has 0 unspecified atom stereocenters. The number of hydrogen-bond donors (Lipinski definition) is 3. The summed E-state index contributed by atoms with van der Waals surface area (Å²) in [4.78, 5) is 21.8. The lowest BCUT2D eigenvalue weighted by Gasteiger charge is -2.23. The van der Waals surface area contributed by atoms with Crippen molar-refractivity contribution in [3.8, 4) is 0 Å². The molecule has 0 bridgehead atoms. The van der Waals surface area contributed by atoms with Crippen LogP contribution in [-0.4, -0.2) is 40.4 Å². The fraction of sp³-hybridized carbons (Fsp3) is 0.474. The number of aromatic nitrogens is 2. The third-order valence-electron chi connectivity index (χ3n) is 4.50. The summed E-state index contributed by atoms with van der Waals surface area (Å²) >= 11 is 0. The Balaban J connectivity index is 1.44. The third-order valence-corrected chi connectivity index (χ3v) is 4.50. The molecule has 1 aliphatic heterocycles. The van der Waals surface area contributed by atoms with E-state index in [2.05, 4.69) is 25.5 Å². The molecule has 1 aromatic carbocycles. The van der Waals surface area contributed by atoms with Gasteiger partial charge in [0.2, 0.25) is 5.91 Å². The number of carbonyl (C=O) groups is 1. The molecule has 134 valence electrons. The summed E-state index contributed by atoms with van der Waals surface area (Å²) in [7, 11) is 0. The number of hydrogen-bond acceptors (Lipinski definition) is 4. The molecule has 2 aromatic rings. The molecule has 25 heavy (non-hydrogen) atoms. The van der Waals surface area contributed by atoms with Gasteiger partial charge in [0, 0.05) is 23.8 Å². The van der Waals surface area contributed by atoms with E-state index in [1.54, 1.807) is 6.20 Å². The zero-order valence-electron chi connectivity index (χ0n) is 14.6. The van der Waals surface area contributed by atoms with Crippen LogP contribution in [0.15, 0.2) is 36.7 Å². The van der Waals surface area contributed by atoms with Gasteiger partial charge in [0.15, 0.2) is 0 Å². The zero-order chi connectivity index (χ0) is 17.3. The normalized spacial score (nSPS) is 16.0. The van der Waals surface area contributed by atoms with E-state index in [9.17, 15) is 4.79 Å². The molecular formula is C19H27N5O. The van der Waals surface area contributed by atoms with E-state index in [-0.39, 0.29) is 5.91 Å². The number of imidazole rings is 1. The van der Waals surface area contributed by atoms with E-state index in [0.717, 1.165) is 30.3 Å². The largest absolute Gasteiger partial charge is 0.378 e. The summed E-state index contributed by atoms with van der Waals surface area (Å²) in [5.41, 5.74) is 1.83. The molecule has 1 fully saturated rings. The Morgan fingerprint density at radius 1 is 1.04 bits per heavy atom. The fourth-order valence-electron chi connectivity index (χ4n) is 3.13. The summed E-state index contributed by atoms with van der Waals surface area (Å²) in [5.74, 6) is 0.961. The van der Waals surface area contributed by atoms with Crippen molar-refractivity contribution < 1.29 is 4.79 Å². The van der Waals surface area contributed by atoms with Gasteiger partial charge in [-0.15, -0.1) is 0 Å². The molecule has 3 N–H and O–H groups in total. The quantitative estimate of drug-likeness (QED) is 0.754. The van der Waals surface area contributed by atoms with Crippen molar-refractivity contribution >= 4 is 17.3 Å². The summed E-state index contributed by atoms with van der Waals surface area (Å²) in [6.07, 6.45) is 9.84. The zero-order valence-corrected chi connectivity index (χ0v) is 14.6. The Morgan fingerprint density at radius 2 is 1.72 bits per heavy atom. The topological polar surface area (TPSA) is 73.1 Å². The van der Waals surface area contributed by atoms with Crippen LogP contribution >= 0.6 is 0 Å². The summed E-state index contributed by atoms with van der Waals surface area (Å²) in [6, 6.07) is 7.79. The standard InChI is InChI=1S/C19H27N5O/c25-19(15-24-12-4-2-1-3-5-13-24)23-17-8-6-16(7-9-17)22-14-18-20-10-11-21-18/h6-11,22H,1-5,12-15H2,(H,20,21)(H,23,25). The van der Waals surface area contributed by atoms with E-state index in [1.807, 2.05) is 30.5 Å². The molecule has 1 aromatic heterocycles. The van der Waals surface area contributed by atoms with E-state index >= 15 is 0 Å². The number of likely N-dealkylation sites (tertiary alicyclic amines) is 1. The first-order valence-electron chi connectivity index (χ1n) is 9.14. The number of anilines is 2. The maximum Gasteiger partial charge on any atom is 0.238 e. The highest BCUT2D eigenvalue weighted by Gasteiger charge is 2.12. The SMILES string of the molecule is O=C(CN1CCCCCCC1)Nc1ccc(NCc2ncc[nH]2)cc1. The number of H-pyrrole nitrogens is 1. The summed E-state index contributed by atoms with van der Waals surface area (Å²) in [5, 5.41) is 6.29. The molecule has 0 spiro atoms. The van der Waals surface area contributed by atoms with Crippen molar-refractivity contribution in [1.29, 1.82) is 0 Å². The van der Waals surface area contributed by atoms with Gasteiger partial charge < -0.3 is 15.6 Å². The van der Waals surface area contributed by atoms with E-state index in [0.29, 0.717) is 13.1 Å². The number of nitrogens with zero attached hydrogens (tertiary/aromatic N) is 2. The molecule has 2 heterocycles. The van der Waals surface area contributed by atoms with Crippen LogP contribution in [0, 0.1) is 0 Å². The van der Waals surface area contributed by atoms with Crippen molar-refractivity contribution in [1.82, 2.24) is 14.9 Å². The molecular weight excluding hydrogens is 314 g/mol. The molecule has 3 rings (SSSR count). The average Bonchev–Trinajstić information content (AvgIpc) is 3.10. The Kier molecular flexibility index (Phi) is 6.45. The molecule has 1 amide bonds. The maximum absolute atomic E-state index is 12.3. The Morgan fingerprint density at radius 3 is 2.40 bits per heavy atom. The first-order chi connectivity index (χ1) is 12.3. The van der Waals surface area contributed by atoms with Crippen molar-refractivity contribution in [2.75, 3.05) is 30.3 Å². The number of nitrogens with one attached hydrogen (secondary N) is 3.